The van der Waals surface area contributed by atoms with E-state index in [0.29, 0.717) is 30.0 Å². The highest BCUT2D eigenvalue weighted by atomic mass is 16.5. The first-order chi connectivity index (χ1) is 12.6. The van der Waals surface area contributed by atoms with E-state index in [4.69, 9.17) is 9.47 Å². The molecule has 2 aromatic carbocycles. The molecule has 2 amide bonds. The van der Waals surface area contributed by atoms with Gasteiger partial charge in [-0.1, -0.05) is 18.2 Å². The van der Waals surface area contributed by atoms with Gasteiger partial charge in [0.05, 0.1) is 14.2 Å². The van der Waals surface area contributed by atoms with E-state index >= 15 is 0 Å². The smallest absolute Gasteiger partial charge is 0.259 e. The number of fused-ring (bicyclic) bond motifs is 1. The molecule has 136 valence electrons. The van der Waals surface area contributed by atoms with E-state index in [-0.39, 0.29) is 11.8 Å². The number of benzene rings is 2. The molecule has 0 aromatic heterocycles. The highest BCUT2D eigenvalue weighted by Gasteiger charge is 2.38. The van der Waals surface area contributed by atoms with Gasteiger partial charge in [-0.15, -0.1) is 0 Å². The predicted molar refractivity (Wildman–Crippen MR) is 99.0 cm³/mol. The summed E-state index contributed by atoms with van der Waals surface area (Å²) in [6.07, 6.45) is 0.495. The largest absolute Gasteiger partial charge is 0.497 e. The van der Waals surface area contributed by atoms with Gasteiger partial charge in [0.15, 0.2) is 0 Å². The van der Waals surface area contributed by atoms with Crippen molar-refractivity contribution in [2.24, 2.45) is 0 Å². The predicted octanol–water partition coefficient (Wildman–Crippen LogP) is 2.41. The molecule has 26 heavy (non-hydrogen) atoms. The fourth-order valence-electron chi connectivity index (χ4n) is 3.21. The molecule has 0 unspecified atom stereocenters. The van der Waals surface area contributed by atoms with Crippen LogP contribution in [0, 0.1) is 0 Å². The summed E-state index contributed by atoms with van der Waals surface area (Å²) in [5, 5.41) is 2.82. The Bertz CT molecular complexity index is 812. The molecule has 0 saturated carbocycles. The summed E-state index contributed by atoms with van der Waals surface area (Å²) in [5.41, 5.74) is 2.15. The summed E-state index contributed by atoms with van der Waals surface area (Å²) in [6, 6.07) is 12.0. The number of hydrogen-bond donors (Lipinski definition) is 1. The Morgan fingerprint density at radius 3 is 2.38 bits per heavy atom. The zero-order valence-corrected chi connectivity index (χ0v) is 15.1. The number of para-hydroxylation sites is 1. The number of nitrogens with one attached hydrogen (secondary N) is 1. The van der Waals surface area contributed by atoms with Gasteiger partial charge in [-0.25, -0.2) is 0 Å². The van der Waals surface area contributed by atoms with E-state index in [1.54, 1.807) is 23.1 Å². The highest BCUT2D eigenvalue weighted by molar-refractivity contribution is 6.12. The van der Waals surface area contributed by atoms with Crippen LogP contribution < -0.4 is 19.7 Å². The Hall–Kier alpha value is -3.02. The molecule has 0 radical (unpaired) electrons. The summed E-state index contributed by atoms with van der Waals surface area (Å²) < 4.78 is 10.5. The van der Waals surface area contributed by atoms with Crippen molar-refractivity contribution in [3.05, 3.63) is 53.6 Å². The van der Waals surface area contributed by atoms with Crippen LogP contribution in [0.15, 0.2) is 42.5 Å². The lowest BCUT2D eigenvalue weighted by Crippen LogP contribution is -2.48. The first-order valence-electron chi connectivity index (χ1n) is 8.51. The number of methoxy groups -OCH3 is 2. The van der Waals surface area contributed by atoms with Gasteiger partial charge in [0.1, 0.15) is 17.5 Å². The first-order valence-corrected chi connectivity index (χ1v) is 8.51. The quantitative estimate of drug-likeness (QED) is 0.895. The minimum absolute atomic E-state index is 0.160. The average Bonchev–Trinajstić information content (AvgIpc) is 3.06. The zero-order valence-electron chi connectivity index (χ0n) is 15.1. The van der Waals surface area contributed by atoms with Crippen LogP contribution in [-0.4, -0.2) is 38.6 Å². The van der Waals surface area contributed by atoms with Gasteiger partial charge in [-0.3, -0.25) is 14.5 Å². The van der Waals surface area contributed by atoms with Crippen molar-refractivity contribution in [1.29, 1.82) is 0 Å². The molecule has 1 N–H and O–H groups in total. The van der Waals surface area contributed by atoms with Crippen LogP contribution in [0.5, 0.6) is 11.5 Å². The maximum absolute atomic E-state index is 13.3. The second kappa shape index (κ2) is 7.47. The third kappa shape index (κ3) is 3.22. The fraction of sp³-hybridized carbons (Fsp3) is 0.300. The van der Waals surface area contributed by atoms with E-state index in [1.807, 2.05) is 31.2 Å². The second-order valence-electron chi connectivity index (χ2n) is 6.02. The Morgan fingerprint density at radius 2 is 1.77 bits per heavy atom. The fourth-order valence-corrected chi connectivity index (χ4v) is 3.21. The van der Waals surface area contributed by atoms with Crippen molar-refractivity contribution in [1.82, 2.24) is 5.32 Å². The monoisotopic (exact) mass is 354 g/mol. The summed E-state index contributed by atoms with van der Waals surface area (Å²) in [5.74, 6) is 0.625. The number of ether oxygens (including phenoxy) is 2. The average molecular weight is 354 g/mol. The maximum Gasteiger partial charge on any atom is 0.259 e. The normalized spacial score (nSPS) is 15.3. The van der Waals surface area contributed by atoms with Crippen molar-refractivity contribution in [2.75, 3.05) is 25.7 Å². The lowest BCUT2D eigenvalue weighted by molar-refractivity contribution is -0.122. The van der Waals surface area contributed by atoms with Gasteiger partial charge in [0.25, 0.3) is 5.91 Å². The van der Waals surface area contributed by atoms with Gasteiger partial charge < -0.3 is 14.8 Å². The third-order valence-electron chi connectivity index (χ3n) is 4.45. The third-order valence-corrected chi connectivity index (χ3v) is 4.45. The molecule has 0 aliphatic carbocycles. The molecule has 1 aliphatic rings. The van der Waals surface area contributed by atoms with Crippen LogP contribution in [0.2, 0.25) is 0 Å². The lowest BCUT2D eigenvalue weighted by atomic mass is 10.1. The van der Waals surface area contributed by atoms with Crippen molar-refractivity contribution in [2.45, 2.75) is 19.4 Å². The van der Waals surface area contributed by atoms with E-state index in [9.17, 15) is 9.59 Å². The Kier molecular flexibility index (Phi) is 5.11. The Labute approximate surface area is 152 Å². The molecule has 6 heteroatoms. The van der Waals surface area contributed by atoms with Crippen LogP contribution in [0.1, 0.15) is 22.8 Å². The van der Waals surface area contributed by atoms with E-state index < -0.39 is 6.04 Å². The molecule has 2 aromatic rings. The number of likely N-dealkylation sites (N-methyl/N-ethyl adjacent to an activating group) is 1. The summed E-state index contributed by atoms with van der Waals surface area (Å²) in [6.45, 7) is 2.37. The highest BCUT2D eigenvalue weighted by Crippen LogP contribution is 2.34. The molecule has 0 spiro atoms. The van der Waals surface area contributed by atoms with Gasteiger partial charge in [-0.2, -0.15) is 0 Å². The SMILES string of the molecule is CCNC(=O)[C@H]1Cc2ccccc2N1C(=O)c1cc(OC)cc(OC)c1. The molecular formula is C20H22N2O4. The number of carbonyl (C=O) groups is 2. The second-order valence-corrected chi connectivity index (χ2v) is 6.02. The van der Waals surface area contributed by atoms with Crippen LogP contribution in [0.3, 0.4) is 0 Å². The van der Waals surface area contributed by atoms with Gasteiger partial charge in [-0.05, 0) is 30.7 Å². The summed E-state index contributed by atoms with van der Waals surface area (Å²) in [7, 11) is 3.07. The summed E-state index contributed by atoms with van der Waals surface area (Å²) >= 11 is 0. The molecule has 1 aliphatic heterocycles. The first kappa shape index (κ1) is 17.8. The molecule has 1 atom stereocenters. The molecule has 1 heterocycles. The van der Waals surface area contributed by atoms with E-state index in [2.05, 4.69) is 5.32 Å². The standard InChI is InChI=1S/C20H22N2O4/c1-4-21-19(23)18-11-13-7-5-6-8-17(13)22(18)20(24)14-9-15(25-2)12-16(10-14)26-3/h5-10,12,18H,4,11H2,1-3H3,(H,21,23)/t18-/m1/s1. The molecule has 3 rings (SSSR count). The van der Waals surface area contributed by atoms with E-state index in [1.165, 1.54) is 14.2 Å². The van der Waals surface area contributed by atoms with Crippen molar-refractivity contribution in [3.63, 3.8) is 0 Å². The van der Waals surface area contributed by atoms with Crippen LogP contribution in [0.25, 0.3) is 0 Å². The minimum atomic E-state index is -0.572. The van der Waals surface area contributed by atoms with Crippen molar-refractivity contribution in [3.8, 4) is 11.5 Å². The summed E-state index contributed by atoms with van der Waals surface area (Å²) in [4.78, 5) is 27.4. The number of hydrogen-bond acceptors (Lipinski definition) is 4. The molecule has 0 bridgehead atoms. The number of amides is 2. The molecule has 0 saturated heterocycles. The minimum Gasteiger partial charge on any atom is -0.497 e. The van der Waals surface area contributed by atoms with Crippen LogP contribution in [0.4, 0.5) is 5.69 Å². The number of carbonyl (C=O) groups excluding carboxylic acids is 2. The molecule has 0 fully saturated rings. The van der Waals surface area contributed by atoms with Crippen LogP contribution in [-0.2, 0) is 11.2 Å². The van der Waals surface area contributed by atoms with Gasteiger partial charge >= 0.3 is 0 Å². The van der Waals surface area contributed by atoms with Crippen molar-refractivity contribution >= 4 is 17.5 Å². The lowest BCUT2D eigenvalue weighted by Gasteiger charge is -2.25. The van der Waals surface area contributed by atoms with Gasteiger partial charge in [0, 0.05) is 30.3 Å². The maximum atomic E-state index is 13.3. The topological polar surface area (TPSA) is 67.9 Å². The van der Waals surface area contributed by atoms with Crippen LogP contribution >= 0.6 is 0 Å². The molecule has 6 nitrogen and oxygen atoms in total. The molecular weight excluding hydrogens is 332 g/mol. The van der Waals surface area contributed by atoms with Crippen molar-refractivity contribution < 1.29 is 19.1 Å². The Balaban J connectivity index is 2.03. The van der Waals surface area contributed by atoms with E-state index in [0.717, 1.165) is 11.3 Å². The number of nitrogens with zero attached hydrogens (tertiary/aromatic N) is 1. The Morgan fingerprint density at radius 1 is 1.12 bits per heavy atom. The number of rotatable bonds is 5. The van der Waals surface area contributed by atoms with Gasteiger partial charge in [0.2, 0.25) is 5.91 Å². The number of anilines is 1. The zero-order chi connectivity index (χ0) is 18.7.